The summed E-state index contributed by atoms with van der Waals surface area (Å²) in [5, 5.41) is 4.25. The Morgan fingerprint density at radius 3 is 2.56 bits per heavy atom. The number of carbonyl (C=O) groups is 1. The highest BCUT2D eigenvalue weighted by Gasteiger charge is 2.22. The van der Waals surface area contributed by atoms with E-state index in [0.717, 1.165) is 33.5 Å². The molecule has 0 fully saturated rings. The minimum Gasteiger partial charge on any atom is -0.358 e. The zero-order valence-electron chi connectivity index (χ0n) is 16.1. The van der Waals surface area contributed by atoms with Crippen LogP contribution in [0.3, 0.4) is 0 Å². The van der Waals surface area contributed by atoms with Gasteiger partial charge in [0.1, 0.15) is 5.82 Å². The SMILES string of the molecule is Cc1[nH]c2ccc(C(=O)NC(c3nc4ccccc4[nH]3)C(C)C)cc2c1C. The van der Waals surface area contributed by atoms with E-state index in [1.165, 1.54) is 5.56 Å². The molecule has 0 saturated carbocycles. The quantitative estimate of drug-likeness (QED) is 0.489. The van der Waals surface area contributed by atoms with E-state index in [9.17, 15) is 4.79 Å². The molecule has 4 rings (SSSR count). The maximum Gasteiger partial charge on any atom is 0.251 e. The van der Waals surface area contributed by atoms with Gasteiger partial charge in [-0.1, -0.05) is 26.0 Å². The van der Waals surface area contributed by atoms with E-state index in [2.05, 4.69) is 41.0 Å². The molecule has 0 aliphatic rings. The van der Waals surface area contributed by atoms with Gasteiger partial charge < -0.3 is 15.3 Å². The number of para-hydroxylation sites is 2. The predicted molar refractivity (Wildman–Crippen MR) is 109 cm³/mol. The first-order chi connectivity index (χ1) is 12.9. The molecule has 5 nitrogen and oxygen atoms in total. The Labute approximate surface area is 158 Å². The van der Waals surface area contributed by atoms with Crippen molar-refractivity contribution in [1.82, 2.24) is 20.3 Å². The number of carbonyl (C=O) groups excluding carboxylic acids is 1. The van der Waals surface area contributed by atoms with Gasteiger partial charge in [0.15, 0.2) is 0 Å². The van der Waals surface area contributed by atoms with Gasteiger partial charge in [-0.3, -0.25) is 4.79 Å². The summed E-state index contributed by atoms with van der Waals surface area (Å²) in [4.78, 5) is 24.3. The molecule has 2 aromatic carbocycles. The van der Waals surface area contributed by atoms with E-state index in [0.29, 0.717) is 5.56 Å². The van der Waals surface area contributed by atoms with E-state index in [1.54, 1.807) is 0 Å². The third kappa shape index (κ3) is 3.10. The predicted octanol–water partition coefficient (Wildman–Crippen LogP) is 4.79. The Kier molecular flexibility index (Phi) is 4.22. The lowest BCUT2D eigenvalue weighted by atomic mass is 10.0. The van der Waals surface area contributed by atoms with E-state index >= 15 is 0 Å². The van der Waals surface area contributed by atoms with Crippen LogP contribution < -0.4 is 5.32 Å². The summed E-state index contributed by atoms with van der Waals surface area (Å²) < 4.78 is 0. The van der Waals surface area contributed by atoms with Crippen molar-refractivity contribution in [3.8, 4) is 0 Å². The standard InChI is InChI=1S/C22H24N4O/c1-12(2)20(21-24-18-7-5-6-8-19(18)25-21)26-22(27)15-9-10-17-16(11-15)13(3)14(4)23-17/h5-12,20,23H,1-4H3,(H,24,25)(H,26,27). The van der Waals surface area contributed by atoms with Crippen LogP contribution in [0, 0.1) is 19.8 Å². The van der Waals surface area contributed by atoms with Gasteiger partial charge in [-0.2, -0.15) is 0 Å². The third-order valence-electron chi connectivity index (χ3n) is 5.23. The largest absolute Gasteiger partial charge is 0.358 e. The summed E-state index contributed by atoms with van der Waals surface area (Å²) in [6.07, 6.45) is 0. The molecule has 3 N–H and O–H groups in total. The van der Waals surface area contributed by atoms with Gasteiger partial charge in [-0.15, -0.1) is 0 Å². The Balaban J connectivity index is 1.65. The Morgan fingerprint density at radius 2 is 1.81 bits per heavy atom. The molecular weight excluding hydrogens is 336 g/mol. The van der Waals surface area contributed by atoms with Crippen LogP contribution >= 0.6 is 0 Å². The lowest BCUT2D eigenvalue weighted by Gasteiger charge is -2.20. The highest BCUT2D eigenvalue weighted by atomic mass is 16.1. The average Bonchev–Trinajstić information content (AvgIpc) is 3.20. The third-order valence-corrected chi connectivity index (χ3v) is 5.23. The van der Waals surface area contributed by atoms with E-state index < -0.39 is 0 Å². The molecular formula is C22H24N4O. The normalized spacial score (nSPS) is 12.8. The first-order valence-electron chi connectivity index (χ1n) is 9.28. The summed E-state index contributed by atoms with van der Waals surface area (Å²) in [6.45, 7) is 8.29. The smallest absolute Gasteiger partial charge is 0.251 e. The maximum atomic E-state index is 12.9. The van der Waals surface area contributed by atoms with E-state index in [-0.39, 0.29) is 17.9 Å². The van der Waals surface area contributed by atoms with Gasteiger partial charge in [-0.05, 0) is 55.7 Å². The molecule has 0 spiro atoms. The fraction of sp³-hybridized carbons (Fsp3) is 0.273. The second-order valence-corrected chi connectivity index (χ2v) is 7.47. The molecule has 27 heavy (non-hydrogen) atoms. The van der Waals surface area contributed by atoms with Crippen LogP contribution in [0.4, 0.5) is 0 Å². The highest BCUT2D eigenvalue weighted by molar-refractivity contribution is 5.99. The van der Waals surface area contributed by atoms with Crippen LogP contribution in [0.1, 0.15) is 47.3 Å². The van der Waals surface area contributed by atoms with Crippen LogP contribution in [0.2, 0.25) is 0 Å². The lowest BCUT2D eigenvalue weighted by Crippen LogP contribution is -2.32. The molecule has 0 bridgehead atoms. The van der Waals surface area contributed by atoms with Crippen LogP contribution in [0.25, 0.3) is 21.9 Å². The number of hydrogen-bond donors (Lipinski definition) is 3. The van der Waals surface area contributed by atoms with Gasteiger partial charge in [0.05, 0.1) is 17.1 Å². The Morgan fingerprint density at radius 1 is 1.04 bits per heavy atom. The van der Waals surface area contributed by atoms with Crippen molar-refractivity contribution in [2.75, 3.05) is 0 Å². The molecule has 0 radical (unpaired) electrons. The van der Waals surface area contributed by atoms with E-state index in [1.807, 2.05) is 49.4 Å². The van der Waals surface area contributed by atoms with Crippen molar-refractivity contribution in [3.63, 3.8) is 0 Å². The first kappa shape index (κ1) is 17.3. The number of aryl methyl sites for hydroxylation is 2. The summed E-state index contributed by atoms with van der Waals surface area (Å²) in [5.74, 6) is 0.901. The lowest BCUT2D eigenvalue weighted by molar-refractivity contribution is 0.0923. The van der Waals surface area contributed by atoms with Crippen molar-refractivity contribution in [3.05, 3.63) is 65.1 Å². The van der Waals surface area contributed by atoms with Crippen molar-refractivity contribution in [1.29, 1.82) is 0 Å². The fourth-order valence-corrected chi connectivity index (χ4v) is 3.50. The molecule has 2 heterocycles. The van der Waals surface area contributed by atoms with Crippen molar-refractivity contribution >= 4 is 27.8 Å². The summed E-state index contributed by atoms with van der Waals surface area (Å²) in [6, 6.07) is 13.5. The van der Waals surface area contributed by atoms with Crippen molar-refractivity contribution < 1.29 is 4.79 Å². The summed E-state index contributed by atoms with van der Waals surface area (Å²) in [7, 11) is 0. The van der Waals surface area contributed by atoms with Gasteiger partial charge in [-0.25, -0.2) is 4.98 Å². The molecule has 4 aromatic rings. The number of imidazole rings is 1. The van der Waals surface area contributed by atoms with E-state index in [4.69, 9.17) is 0 Å². The number of fused-ring (bicyclic) bond motifs is 2. The molecule has 0 aliphatic heterocycles. The van der Waals surface area contributed by atoms with Crippen LogP contribution in [-0.2, 0) is 0 Å². The highest BCUT2D eigenvalue weighted by Crippen LogP contribution is 2.25. The minimum atomic E-state index is -0.186. The molecule has 1 atom stereocenters. The number of nitrogens with one attached hydrogen (secondary N) is 3. The van der Waals surface area contributed by atoms with Crippen molar-refractivity contribution in [2.45, 2.75) is 33.7 Å². The Bertz CT molecular complexity index is 1100. The number of nitrogens with zero attached hydrogens (tertiary/aromatic N) is 1. The number of amides is 1. The van der Waals surface area contributed by atoms with Gasteiger partial charge in [0.25, 0.3) is 5.91 Å². The number of benzene rings is 2. The second kappa shape index (κ2) is 6.58. The average molecular weight is 360 g/mol. The summed E-state index contributed by atoms with van der Waals surface area (Å²) in [5.41, 5.74) is 5.91. The number of hydrogen-bond acceptors (Lipinski definition) is 2. The topological polar surface area (TPSA) is 73.6 Å². The van der Waals surface area contributed by atoms with Gasteiger partial charge >= 0.3 is 0 Å². The molecule has 5 heteroatoms. The van der Waals surface area contributed by atoms with Crippen LogP contribution in [0.15, 0.2) is 42.5 Å². The van der Waals surface area contributed by atoms with Gasteiger partial charge in [0.2, 0.25) is 0 Å². The first-order valence-corrected chi connectivity index (χ1v) is 9.28. The molecule has 1 amide bonds. The molecule has 138 valence electrons. The molecule has 0 saturated heterocycles. The molecule has 2 aromatic heterocycles. The zero-order chi connectivity index (χ0) is 19.1. The number of H-pyrrole nitrogens is 2. The van der Waals surface area contributed by atoms with Crippen molar-refractivity contribution in [2.24, 2.45) is 5.92 Å². The maximum absolute atomic E-state index is 12.9. The number of aromatic amines is 2. The Hall–Kier alpha value is -3.08. The summed E-state index contributed by atoms with van der Waals surface area (Å²) >= 11 is 0. The minimum absolute atomic E-state index is 0.0886. The molecule has 0 aliphatic carbocycles. The molecule has 1 unspecified atom stereocenters. The number of rotatable bonds is 4. The zero-order valence-corrected chi connectivity index (χ0v) is 16.1. The number of aromatic nitrogens is 3. The monoisotopic (exact) mass is 360 g/mol. The van der Waals surface area contributed by atoms with Crippen LogP contribution in [-0.4, -0.2) is 20.9 Å². The second-order valence-electron chi connectivity index (χ2n) is 7.47. The van der Waals surface area contributed by atoms with Gasteiger partial charge in [0, 0.05) is 22.2 Å². The van der Waals surface area contributed by atoms with Crippen LogP contribution in [0.5, 0.6) is 0 Å². The fourth-order valence-electron chi connectivity index (χ4n) is 3.50.